The minimum atomic E-state index is -3.48. The van der Waals surface area contributed by atoms with Gasteiger partial charge in [0, 0.05) is 45.5 Å². The molecule has 0 radical (unpaired) electrons. The average molecular weight is 511 g/mol. The highest BCUT2D eigenvalue weighted by atomic mass is 32.2. The van der Waals surface area contributed by atoms with E-state index in [0.717, 1.165) is 32.4 Å². The number of nitrogens with zero attached hydrogens (tertiary/aromatic N) is 4. The number of ether oxygens (including phenoxy) is 1. The summed E-state index contributed by atoms with van der Waals surface area (Å²) in [5, 5.41) is 3.97. The molecule has 6 rings (SSSR count). The fourth-order valence-corrected chi connectivity index (χ4v) is 7.49. The van der Waals surface area contributed by atoms with Gasteiger partial charge in [0.05, 0.1) is 19.3 Å². The van der Waals surface area contributed by atoms with Crippen LogP contribution in [0.5, 0.6) is 5.75 Å². The van der Waals surface area contributed by atoms with Crippen molar-refractivity contribution in [2.75, 3.05) is 26.2 Å². The molecule has 0 bridgehead atoms. The van der Waals surface area contributed by atoms with Crippen LogP contribution in [0.1, 0.15) is 29.7 Å². The zero-order chi connectivity index (χ0) is 24.9. The Balaban J connectivity index is 0.977. The van der Waals surface area contributed by atoms with Crippen LogP contribution in [0.4, 0.5) is 0 Å². The van der Waals surface area contributed by atoms with Crippen LogP contribution in [0.15, 0.2) is 63.1 Å². The molecule has 3 aliphatic rings. The van der Waals surface area contributed by atoms with Gasteiger partial charge in [-0.05, 0) is 41.7 Å². The minimum Gasteiger partial charge on any atom is -0.486 e. The lowest BCUT2D eigenvalue weighted by molar-refractivity contribution is -0.0658. The van der Waals surface area contributed by atoms with Crippen LogP contribution in [0.2, 0.25) is 0 Å². The molecule has 1 aliphatic carbocycles. The van der Waals surface area contributed by atoms with Crippen LogP contribution in [-0.2, 0) is 36.6 Å². The normalized spacial score (nSPS) is 20.0. The Bertz CT molecular complexity index is 1430. The summed E-state index contributed by atoms with van der Waals surface area (Å²) in [6, 6.07) is 9.99. The lowest BCUT2D eigenvalue weighted by Gasteiger charge is -2.58. The quantitative estimate of drug-likeness (QED) is 0.481. The molecule has 9 nitrogen and oxygen atoms in total. The number of benzene rings is 1. The van der Waals surface area contributed by atoms with Crippen molar-refractivity contribution in [3.63, 3.8) is 0 Å². The van der Waals surface area contributed by atoms with Crippen molar-refractivity contribution in [2.45, 2.75) is 37.2 Å². The second kappa shape index (κ2) is 8.86. The van der Waals surface area contributed by atoms with Crippen LogP contribution in [0.25, 0.3) is 0 Å². The lowest BCUT2D eigenvalue weighted by atomic mass is 9.59. The summed E-state index contributed by atoms with van der Waals surface area (Å²) in [6.45, 7) is 3.86. The fraction of sp³-hybridized carbons (Fsp3) is 0.462. The summed E-state index contributed by atoms with van der Waals surface area (Å²) in [7, 11) is -1.77. The zero-order valence-corrected chi connectivity index (χ0v) is 21.1. The number of hydrogen-bond donors (Lipinski definition) is 0. The van der Waals surface area contributed by atoms with Crippen LogP contribution in [-0.4, -0.2) is 53.6 Å². The molecule has 190 valence electrons. The number of fused-ring (bicyclic) bond motifs is 1. The number of aryl methyl sites for hydroxylation is 1. The summed E-state index contributed by atoms with van der Waals surface area (Å²) in [5.41, 5.74) is 2.58. The van der Waals surface area contributed by atoms with E-state index in [1.54, 1.807) is 7.05 Å². The first kappa shape index (κ1) is 23.4. The van der Waals surface area contributed by atoms with E-state index in [1.807, 2.05) is 0 Å². The molecule has 3 aromatic rings. The molecule has 1 saturated heterocycles. The maximum Gasteiger partial charge on any atom is 0.246 e. The Hall–Kier alpha value is -2.95. The molecule has 2 aromatic heterocycles. The van der Waals surface area contributed by atoms with Crippen molar-refractivity contribution < 1.29 is 17.6 Å². The third-order valence-corrected chi connectivity index (χ3v) is 9.45. The summed E-state index contributed by atoms with van der Waals surface area (Å²) in [5.74, 6) is 1.18. The van der Waals surface area contributed by atoms with Gasteiger partial charge in [0.2, 0.25) is 21.2 Å². The zero-order valence-electron chi connectivity index (χ0n) is 20.3. The van der Waals surface area contributed by atoms with Gasteiger partial charge in [-0.25, -0.2) is 8.42 Å². The third kappa shape index (κ3) is 4.38. The van der Waals surface area contributed by atoms with Gasteiger partial charge in [-0.15, -0.1) is 0 Å². The molecule has 1 aromatic carbocycles. The number of sulfonamides is 1. The van der Waals surface area contributed by atoms with E-state index in [2.05, 4.69) is 34.3 Å². The maximum atomic E-state index is 12.7. The first-order valence-corrected chi connectivity index (χ1v) is 13.8. The molecule has 10 heteroatoms. The molecular formula is C26H30N4O5S. The van der Waals surface area contributed by atoms with E-state index < -0.39 is 10.0 Å². The van der Waals surface area contributed by atoms with Gasteiger partial charge >= 0.3 is 0 Å². The van der Waals surface area contributed by atoms with Crippen molar-refractivity contribution in [3.05, 3.63) is 76.1 Å². The van der Waals surface area contributed by atoms with Crippen LogP contribution < -0.4 is 10.2 Å². The number of hydrogen-bond acceptors (Lipinski definition) is 7. The van der Waals surface area contributed by atoms with Crippen molar-refractivity contribution in [2.24, 2.45) is 18.4 Å². The van der Waals surface area contributed by atoms with Gasteiger partial charge < -0.3 is 9.15 Å². The molecule has 0 amide bonds. The van der Waals surface area contributed by atoms with E-state index >= 15 is 0 Å². The first-order chi connectivity index (χ1) is 17.3. The standard InChI is InChI=1S/C26H30N4O5S/c1-28-14-23(11-27-28)36(32,33)30-17-26(18-30)9-19(10-26)15-35-25-16-34-22(8-24(25)31)13-29-7-6-20-4-2-3-5-21(20)12-29/h2-5,8,11,14,16,19H,6-7,9-10,12-13,15,17-18H2,1H3. The lowest BCUT2D eigenvalue weighted by Crippen LogP contribution is -2.64. The van der Waals surface area contributed by atoms with Gasteiger partial charge in [-0.1, -0.05) is 24.3 Å². The molecule has 0 atom stereocenters. The van der Waals surface area contributed by atoms with Gasteiger partial charge in [0.1, 0.15) is 16.9 Å². The molecule has 2 fully saturated rings. The second-order valence-electron chi connectivity index (χ2n) is 10.5. The Morgan fingerprint density at radius 1 is 1.19 bits per heavy atom. The largest absolute Gasteiger partial charge is 0.486 e. The average Bonchev–Trinajstić information content (AvgIpc) is 3.25. The van der Waals surface area contributed by atoms with Gasteiger partial charge in [0.15, 0.2) is 0 Å². The Labute approximate surface area is 210 Å². The predicted molar refractivity (Wildman–Crippen MR) is 132 cm³/mol. The maximum absolute atomic E-state index is 12.7. The van der Waals surface area contributed by atoms with Gasteiger partial charge in [-0.2, -0.15) is 9.40 Å². The molecule has 4 heterocycles. The van der Waals surface area contributed by atoms with E-state index in [4.69, 9.17) is 9.15 Å². The molecule has 0 N–H and O–H groups in total. The highest BCUT2D eigenvalue weighted by Crippen LogP contribution is 2.53. The first-order valence-electron chi connectivity index (χ1n) is 12.3. The fourth-order valence-electron chi connectivity index (χ4n) is 5.84. The van der Waals surface area contributed by atoms with E-state index in [-0.39, 0.29) is 21.5 Å². The number of rotatable bonds is 7. The van der Waals surface area contributed by atoms with Crippen LogP contribution in [0.3, 0.4) is 0 Å². The SMILES string of the molecule is Cn1cc(S(=O)(=O)N2CC3(CC(COc4coc(CN5CCc6ccccc6C5)cc4=O)C3)C2)cn1. The smallest absolute Gasteiger partial charge is 0.246 e. The van der Waals surface area contributed by atoms with E-state index in [0.29, 0.717) is 37.9 Å². The van der Waals surface area contributed by atoms with Crippen LogP contribution in [0, 0.1) is 11.3 Å². The molecule has 0 unspecified atom stereocenters. The minimum absolute atomic E-state index is 0.0326. The Kier molecular flexibility index (Phi) is 5.77. The monoisotopic (exact) mass is 510 g/mol. The topological polar surface area (TPSA) is 97.9 Å². The molecular weight excluding hydrogens is 480 g/mol. The summed E-state index contributed by atoms with van der Waals surface area (Å²) in [6.07, 6.45) is 7.13. The summed E-state index contributed by atoms with van der Waals surface area (Å²) in [4.78, 5) is 15.1. The molecule has 36 heavy (non-hydrogen) atoms. The summed E-state index contributed by atoms with van der Waals surface area (Å²) < 4.78 is 39.9. The predicted octanol–water partition coefficient (Wildman–Crippen LogP) is 2.41. The third-order valence-electron chi connectivity index (χ3n) is 7.70. The Morgan fingerprint density at radius 3 is 2.69 bits per heavy atom. The van der Waals surface area contributed by atoms with Crippen molar-refractivity contribution in [3.8, 4) is 5.75 Å². The molecule has 1 spiro atoms. The van der Waals surface area contributed by atoms with Crippen LogP contribution >= 0.6 is 0 Å². The highest BCUT2D eigenvalue weighted by molar-refractivity contribution is 7.89. The molecule has 1 saturated carbocycles. The van der Waals surface area contributed by atoms with E-state index in [1.165, 1.54) is 44.8 Å². The summed E-state index contributed by atoms with van der Waals surface area (Å²) >= 11 is 0. The van der Waals surface area contributed by atoms with Crippen molar-refractivity contribution in [1.29, 1.82) is 0 Å². The van der Waals surface area contributed by atoms with E-state index in [9.17, 15) is 13.2 Å². The van der Waals surface area contributed by atoms with Gasteiger partial charge in [0.25, 0.3) is 0 Å². The van der Waals surface area contributed by atoms with Crippen molar-refractivity contribution in [1.82, 2.24) is 19.0 Å². The highest BCUT2D eigenvalue weighted by Gasteiger charge is 2.55. The molecule has 2 aliphatic heterocycles. The number of aromatic nitrogens is 2. The second-order valence-corrected chi connectivity index (χ2v) is 12.5. The Morgan fingerprint density at radius 2 is 1.97 bits per heavy atom. The van der Waals surface area contributed by atoms with Gasteiger partial charge in [-0.3, -0.25) is 14.4 Å². The van der Waals surface area contributed by atoms with Crippen molar-refractivity contribution >= 4 is 10.0 Å².